The van der Waals surface area contributed by atoms with Gasteiger partial charge in [-0.2, -0.15) is 0 Å². The van der Waals surface area contributed by atoms with Gasteiger partial charge in [-0.3, -0.25) is 0 Å². The molecule has 1 fully saturated rings. The van der Waals surface area contributed by atoms with Gasteiger partial charge in [0.05, 0.1) is 0 Å². The average Bonchev–Trinajstić information content (AvgIpc) is 2.42. The third-order valence-electron chi connectivity index (χ3n) is 3.42. The Morgan fingerprint density at radius 2 is 2.14 bits per heavy atom. The quantitative estimate of drug-likeness (QED) is 0.650. The molecule has 2 heteroatoms. The molecular formula is C12H16N2. The van der Waals surface area contributed by atoms with Gasteiger partial charge >= 0.3 is 0 Å². The van der Waals surface area contributed by atoms with Crippen molar-refractivity contribution in [1.82, 2.24) is 5.32 Å². The van der Waals surface area contributed by atoms with Crippen LogP contribution in [0.15, 0.2) is 24.3 Å². The Balaban J connectivity index is 1.96. The fraction of sp³-hybridized carbons (Fsp3) is 0.500. The molecule has 14 heavy (non-hydrogen) atoms. The highest BCUT2D eigenvalue weighted by Gasteiger charge is 2.32. The molecule has 0 spiro atoms. The predicted molar refractivity (Wildman–Crippen MR) is 58.7 cm³/mol. The van der Waals surface area contributed by atoms with Crippen LogP contribution in [0.25, 0.3) is 0 Å². The Hall–Kier alpha value is -1.02. The Bertz CT molecular complexity index is 335. The smallest absolute Gasteiger partial charge is 0.0379 e. The van der Waals surface area contributed by atoms with E-state index in [1.54, 1.807) is 0 Å². The van der Waals surface area contributed by atoms with Gasteiger partial charge in [0.15, 0.2) is 0 Å². The third kappa shape index (κ3) is 1.22. The highest BCUT2D eigenvalue weighted by Crippen LogP contribution is 2.37. The van der Waals surface area contributed by atoms with Crippen LogP contribution in [0.4, 0.5) is 5.69 Å². The molecule has 0 radical (unpaired) electrons. The Morgan fingerprint density at radius 1 is 1.21 bits per heavy atom. The lowest BCUT2D eigenvalue weighted by atomic mass is 9.94. The molecule has 1 saturated heterocycles. The molecule has 0 unspecified atom stereocenters. The lowest BCUT2D eigenvalue weighted by Crippen LogP contribution is -2.25. The maximum Gasteiger partial charge on any atom is 0.0379 e. The van der Waals surface area contributed by atoms with Crippen LogP contribution < -0.4 is 10.6 Å². The molecular weight excluding hydrogens is 172 g/mol. The fourth-order valence-corrected chi connectivity index (χ4v) is 2.70. The highest BCUT2D eigenvalue weighted by atomic mass is 15.0. The summed E-state index contributed by atoms with van der Waals surface area (Å²) in [7, 11) is 0. The van der Waals surface area contributed by atoms with Crippen molar-refractivity contribution in [3.05, 3.63) is 29.8 Å². The zero-order chi connectivity index (χ0) is 9.38. The number of fused-ring (bicyclic) bond motifs is 3. The fourth-order valence-electron chi connectivity index (χ4n) is 2.70. The maximum atomic E-state index is 3.64. The van der Waals surface area contributed by atoms with E-state index in [4.69, 9.17) is 0 Å². The topological polar surface area (TPSA) is 24.1 Å². The largest absolute Gasteiger partial charge is 0.381 e. The van der Waals surface area contributed by atoms with Gasteiger partial charge in [-0.1, -0.05) is 18.2 Å². The van der Waals surface area contributed by atoms with Crippen LogP contribution in [0.5, 0.6) is 0 Å². The van der Waals surface area contributed by atoms with Crippen LogP contribution in [0.3, 0.4) is 0 Å². The third-order valence-corrected chi connectivity index (χ3v) is 3.42. The molecule has 2 atom stereocenters. The standard InChI is InChI=1S/C12H16N2/c1-2-5-11-9(4-1)10-8-13-7-3-6-12(10)14-11/h1-2,4-5,10,12-14H,3,6-8H2/t10-,12+/m1/s1. The number of anilines is 1. The van der Waals surface area contributed by atoms with Crippen LogP contribution in [-0.2, 0) is 0 Å². The molecule has 2 aliphatic rings. The summed E-state index contributed by atoms with van der Waals surface area (Å²) in [6, 6.07) is 9.39. The summed E-state index contributed by atoms with van der Waals surface area (Å²) < 4.78 is 0. The lowest BCUT2D eigenvalue weighted by molar-refractivity contribution is 0.580. The Morgan fingerprint density at radius 3 is 3.14 bits per heavy atom. The molecule has 3 rings (SSSR count). The van der Waals surface area contributed by atoms with Crippen LogP contribution >= 0.6 is 0 Å². The van der Waals surface area contributed by atoms with Gasteiger partial charge in [0, 0.05) is 24.2 Å². The monoisotopic (exact) mass is 188 g/mol. The molecule has 1 aromatic carbocycles. The highest BCUT2D eigenvalue weighted by molar-refractivity contribution is 5.59. The second kappa shape index (κ2) is 3.28. The summed E-state index contributed by atoms with van der Waals surface area (Å²) in [5, 5.41) is 7.16. The van der Waals surface area contributed by atoms with Crippen molar-refractivity contribution < 1.29 is 0 Å². The molecule has 2 aliphatic heterocycles. The Kier molecular flexibility index (Phi) is 1.95. The van der Waals surface area contributed by atoms with Crippen LogP contribution in [-0.4, -0.2) is 19.1 Å². The van der Waals surface area contributed by atoms with Gasteiger partial charge in [-0.05, 0) is 31.0 Å². The van der Waals surface area contributed by atoms with E-state index in [2.05, 4.69) is 34.9 Å². The van der Waals surface area contributed by atoms with E-state index in [1.165, 1.54) is 30.6 Å². The number of nitrogens with one attached hydrogen (secondary N) is 2. The molecule has 74 valence electrons. The predicted octanol–water partition coefficient (Wildman–Crippen LogP) is 1.95. The minimum absolute atomic E-state index is 0.669. The normalized spacial score (nSPS) is 30.0. The SMILES string of the molecule is c1ccc2c(c1)N[C@H]1CCCNC[C@H]21. The minimum Gasteiger partial charge on any atom is -0.381 e. The summed E-state index contributed by atoms with van der Waals surface area (Å²) in [5.74, 6) is 0.689. The molecule has 0 bridgehead atoms. The van der Waals surface area contributed by atoms with Gasteiger partial charge < -0.3 is 10.6 Å². The molecule has 1 aromatic rings. The van der Waals surface area contributed by atoms with E-state index in [-0.39, 0.29) is 0 Å². The van der Waals surface area contributed by atoms with Crippen molar-refractivity contribution in [3.63, 3.8) is 0 Å². The first-order chi connectivity index (χ1) is 6.95. The lowest BCUT2D eigenvalue weighted by Gasteiger charge is -2.16. The molecule has 2 nitrogen and oxygen atoms in total. The number of hydrogen-bond acceptors (Lipinski definition) is 2. The molecule has 0 aromatic heterocycles. The number of hydrogen-bond donors (Lipinski definition) is 2. The molecule has 0 aliphatic carbocycles. The van der Waals surface area contributed by atoms with Crippen molar-refractivity contribution in [2.45, 2.75) is 24.8 Å². The van der Waals surface area contributed by atoms with E-state index in [0.29, 0.717) is 12.0 Å². The summed E-state index contributed by atoms with van der Waals surface area (Å²) in [6.07, 6.45) is 2.59. The summed E-state index contributed by atoms with van der Waals surface area (Å²) in [6.45, 7) is 2.31. The number of benzene rings is 1. The van der Waals surface area contributed by atoms with Crippen molar-refractivity contribution in [3.8, 4) is 0 Å². The zero-order valence-corrected chi connectivity index (χ0v) is 8.29. The van der Waals surface area contributed by atoms with E-state index in [9.17, 15) is 0 Å². The second-order valence-corrected chi connectivity index (χ2v) is 4.29. The van der Waals surface area contributed by atoms with Crippen molar-refractivity contribution in [2.24, 2.45) is 0 Å². The summed E-state index contributed by atoms with van der Waals surface area (Å²) in [5.41, 5.74) is 2.86. The van der Waals surface area contributed by atoms with E-state index >= 15 is 0 Å². The first kappa shape index (κ1) is 8.30. The van der Waals surface area contributed by atoms with Crippen molar-refractivity contribution >= 4 is 5.69 Å². The average molecular weight is 188 g/mol. The molecule has 0 saturated carbocycles. The zero-order valence-electron chi connectivity index (χ0n) is 8.29. The molecule has 0 amide bonds. The van der Waals surface area contributed by atoms with Crippen LogP contribution in [0, 0.1) is 0 Å². The van der Waals surface area contributed by atoms with Crippen LogP contribution in [0.2, 0.25) is 0 Å². The number of rotatable bonds is 0. The van der Waals surface area contributed by atoms with Crippen LogP contribution in [0.1, 0.15) is 24.3 Å². The van der Waals surface area contributed by atoms with E-state index in [1.807, 2.05) is 0 Å². The van der Waals surface area contributed by atoms with Crippen molar-refractivity contribution in [1.29, 1.82) is 0 Å². The van der Waals surface area contributed by atoms with Gasteiger partial charge in [0.25, 0.3) is 0 Å². The van der Waals surface area contributed by atoms with E-state index in [0.717, 1.165) is 6.54 Å². The second-order valence-electron chi connectivity index (χ2n) is 4.29. The van der Waals surface area contributed by atoms with Gasteiger partial charge in [-0.25, -0.2) is 0 Å². The van der Waals surface area contributed by atoms with E-state index < -0.39 is 0 Å². The summed E-state index contributed by atoms with van der Waals surface area (Å²) in [4.78, 5) is 0. The Labute approximate surface area is 84.7 Å². The van der Waals surface area contributed by atoms with Gasteiger partial charge in [0.2, 0.25) is 0 Å². The van der Waals surface area contributed by atoms with Crippen molar-refractivity contribution in [2.75, 3.05) is 18.4 Å². The van der Waals surface area contributed by atoms with Gasteiger partial charge in [0.1, 0.15) is 0 Å². The van der Waals surface area contributed by atoms with Gasteiger partial charge in [-0.15, -0.1) is 0 Å². The first-order valence-corrected chi connectivity index (χ1v) is 5.51. The number of para-hydroxylation sites is 1. The maximum absolute atomic E-state index is 3.64. The summed E-state index contributed by atoms with van der Waals surface area (Å²) >= 11 is 0. The molecule has 2 heterocycles. The molecule has 2 N–H and O–H groups in total. The minimum atomic E-state index is 0.669. The first-order valence-electron chi connectivity index (χ1n) is 5.51.